The molecule has 2 heteroatoms. The van der Waals surface area contributed by atoms with Crippen molar-refractivity contribution in [3.8, 4) is 0 Å². The van der Waals surface area contributed by atoms with Crippen LogP contribution in [-0.2, 0) is 6.42 Å². The van der Waals surface area contributed by atoms with E-state index in [2.05, 4.69) is 96.5 Å². The maximum atomic E-state index is 2.61. The molecule has 0 bridgehead atoms. The molecule has 2 aliphatic rings. The molecule has 0 N–H and O–H groups in total. The molecule has 28 heavy (non-hydrogen) atoms. The number of para-hydroxylation sites is 1. The van der Waals surface area contributed by atoms with Crippen molar-refractivity contribution in [1.82, 2.24) is 0 Å². The van der Waals surface area contributed by atoms with Gasteiger partial charge in [-0.25, -0.2) is 0 Å². The van der Waals surface area contributed by atoms with Crippen LogP contribution in [0.15, 0.2) is 72.8 Å². The maximum Gasteiger partial charge on any atom is 0.0652 e. The van der Waals surface area contributed by atoms with Gasteiger partial charge in [0.15, 0.2) is 0 Å². The molecule has 2 unspecified atom stereocenters. The van der Waals surface area contributed by atoms with Crippen LogP contribution >= 0.6 is 0 Å². The van der Waals surface area contributed by atoms with Gasteiger partial charge in [0.05, 0.1) is 17.4 Å². The summed E-state index contributed by atoms with van der Waals surface area (Å²) in [6, 6.07) is 18.4. The normalized spacial score (nSPS) is 21.1. The third-order valence-corrected chi connectivity index (χ3v) is 6.07. The lowest BCUT2D eigenvalue weighted by molar-refractivity contribution is 0.555. The second kappa shape index (κ2) is 8.68. The number of benzene rings is 2. The van der Waals surface area contributed by atoms with Crippen molar-refractivity contribution in [1.29, 1.82) is 0 Å². The maximum absolute atomic E-state index is 2.61. The average molecular weight is 373 g/mol. The number of fused-ring (bicyclic) bond motifs is 1. The average Bonchev–Trinajstić information content (AvgIpc) is 2.74. The molecular weight excluding hydrogens is 340 g/mol. The van der Waals surface area contributed by atoms with Crippen LogP contribution in [0.2, 0.25) is 0 Å². The minimum atomic E-state index is 0.438. The largest absolute Gasteiger partial charge is 0.361 e. The Morgan fingerprint density at radius 3 is 2.50 bits per heavy atom. The number of unbranched alkanes of at least 4 members (excludes halogenated alkanes) is 2. The monoisotopic (exact) mass is 372 g/mol. The van der Waals surface area contributed by atoms with E-state index in [1.165, 1.54) is 48.3 Å². The summed E-state index contributed by atoms with van der Waals surface area (Å²) >= 11 is 0. The van der Waals surface area contributed by atoms with Crippen LogP contribution in [0.25, 0.3) is 0 Å². The van der Waals surface area contributed by atoms with Crippen molar-refractivity contribution in [2.45, 2.75) is 45.6 Å². The number of anilines is 3. The van der Waals surface area contributed by atoms with E-state index in [0.29, 0.717) is 12.0 Å². The summed E-state index contributed by atoms with van der Waals surface area (Å²) in [4.78, 5) is 5.11. The topological polar surface area (TPSA) is 6.48 Å². The minimum absolute atomic E-state index is 0.438. The lowest BCUT2D eigenvalue weighted by Crippen LogP contribution is -2.46. The summed E-state index contributed by atoms with van der Waals surface area (Å²) in [5.41, 5.74) is 5.48. The zero-order valence-corrected chi connectivity index (χ0v) is 17.2. The first-order valence-electron chi connectivity index (χ1n) is 10.8. The Bertz CT molecular complexity index is 837. The highest BCUT2D eigenvalue weighted by Crippen LogP contribution is 2.41. The number of hydrogen-bond donors (Lipinski definition) is 0. The summed E-state index contributed by atoms with van der Waals surface area (Å²) in [6.07, 6.45) is 14.1. The molecule has 4 rings (SSSR count). The number of rotatable bonds is 6. The Balaban J connectivity index is 1.70. The first-order chi connectivity index (χ1) is 13.8. The van der Waals surface area contributed by atoms with E-state index in [1.807, 2.05) is 0 Å². The van der Waals surface area contributed by atoms with Gasteiger partial charge in [-0.3, -0.25) is 0 Å². The van der Waals surface area contributed by atoms with E-state index in [1.54, 1.807) is 0 Å². The molecule has 0 spiro atoms. The Labute approximate surface area is 170 Å². The van der Waals surface area contributed by atoms with Gasteiger partial charge in [-0.2, -0.15) is 0 Å². The summed E-state index contributed by atoms with van der Waals surface area (Å²) in [5.74, 6) is 0.533. The molecule has 146 valence electrons. The standard InChI is InChI=1S/C26H32N2/c1-3-4-6-12-22-16-17-25-26(20-22)27(23-13-7-5-8-14-23)18-19-28(25)24-15-10-9-11-21(24)2/h5,7-11,13-17,20-21,24H,3-4,6,12,18-19H2,1-2H3. The number of nitrogens with zero attached hydrogens (tertiary/aromatic N) is 2. The Hall–Kier alpha value is -2.48. The third kappa shape index (κ3) is 3.87. The van der Waals surface area contributed by atoms with Crippen molar-refractivity contribution in [2.24, 2.45) is 5.92 Å². The highest BCUT2D eigenvalue weighted by atomic mass is 15.3. The van der Waals surface area contributed by atoms with Crippen LogP contribution < -0.4 is 9.80 Å². The fourth-order valence-electron chi connectivity index (χ4n) is 4.49. The molecule has 0 aromatic heterocycles. The molecule has 0 saturated heterocycles. The van der Waals surface area contributed by atoms with Gasteiger partial charge < -0.3 is 9.80 Å². The number of aryl methyl sites for hydroxylation is 1. The molecule has 0 amide bonds. The second-order valence-corrected chi connectivity index (χ2v) is 8.08. The molecule has 0 radical (unpaired) electrons. The smallest absolute Gasteiger partial charge is 0.0652 e. The molecular formula is C26H32N2. The van der Waals surface area contributed by atoms with Crippen molar-refractivity contribution >= 4 is 17.1 Å². The second-order valence-electron chi connectivity index (χ2n) is 8.08. The van der Waals surface area contributed by atoms with Gasteiger partial charge >= 0.3 is 0 Å². The molecule has 1 heterocycles. The summed E-state index contributed by atoms with van der Waals surface area (Å²) < 4.78 is 0. The van der Waals surface area contributed by atoms with Crippen LogP contribution in [0, 0.1) is 5.92 Å². The predicted octanol–water partition coefficient (Wildman–Crippen LogP) is 6.51. The van der Waals surface area contributed by atoms with E-state index in [0.717, 1.165) is 13.1 Å². The fourth-order valence-corrected chi connectivity index (χ4v) is 4.49. The lowest BCUT2D eigenvalue weighted by atomic mass is 9.93. The van der Waals surface area contributed by atoms with Gasteiger partial charge in [0.2, 0.25) is 0 Å². The predicted molar refractivity (Wildman–Crippen MR) is 122 cm³/mol. The van der Waals surface area contributed by atoms with Crippen molar-refractivity contribution in [2.75, 3.05) is 22.9 Å². The summed E-state index contributed by atoms with van der Waals surface area (Å²) in [5, 5.41) is 0. The van der Waals surface area contributed by atoms with E-state index >= 15 is 0 Å². The van der Waals surface area contributed by atoms with Gasteiger partial charge in [-0.1, -0.05) is 75.3 Å². The van der Waals surface area contributed by atoms with E-state index in [4.69, 9.17) is 0 Å². The minimum Gasteiger partial charge on any atom is -0.361 e. The summed E-state index contributed by atoms with van der Waals surface area (Å²) in [6.45, 7) is 6.67. The summed E-state index contributed by atoms with van der Waals surface area (Å²) in [7, 11) is 0. The fraction of sp³-hybridized carbons (Fsp3) is 0.385. The third-order valence-electron chi connectivity index (χ3n) is 6.07. The Kier molecular flexibility index (Phi) is 5.85. The van der Waals surface area contributed by atoms with Gasteiger partial charge in [0.1, 0.15) is 0 Å². The van der Waals surface area contributed by atoms with Gasteiger partial charge in [0.25, 0.3) is 0 Å². The first kappa shape index (κ1) is 18.9. The molecule has 2 atom stereocenters. The van der Waals surface area contributed by atoms with Crippen LogP contribution in [0.5, 0.6) is 0 Å². The zero-order valence-electron chi connectivity index (χ0n) is 17.2. The van der Waals surface area contributed by atoms with E-state index in [-0.39, 0.29) is 0 Å². The lowest BCUT2D eigenvalue weighted by Gasteiger charge is -2.44. The zero-order chi connectivity index (χ0) is 19.3. The van der Waals surface area contributed by atoms with Crippen LogP contribution in [0.1, 0.15) is 38.7 Å². The molecule has 0 saturated carbocycles. The van der Waals surface area contributed by atoms with E-state index in [9.17, 15) is 0 Å². The van der Waals surface area contributed by atoms with Crippen LogP contribution in [0.4, 0.5) is 17.1 Å². The van der Waals surface area contributed by atoms with Crippen molar-refractivity contribution in [3.63, 3.8) is 0 Å². The molecule has 2 aromatic carbocycles. The Morgan fingerprint density at radius 1 is 0.893 bits per heavy atom. The highest BCUT2D eigenvalue weighted by Gasteiger charge is 2.30. The van der Waals surface area contributed by atoms with Gasteiger partial charge in [-0.05, 0) is 48.6 Å². The van der Waals surface area contributed by atoms with Crippen LogP contribution in [-0.4, -0.2) is 19.1 Å². The molecule has 2 nitrogen and oxygen atoms in total. The molecule has 1 aliphatic carbocycles. The molecule has 0 fully saturated rings. The SMILES string of the molecule is CCCCCc1ccc2c(c1)N(c1ccccc1)CCN2C1C=CC=CC1C. The van der Waals surface area contributed by atoms with Gasteiger partial charge in [0, 0.05) is 18.8 Å². The number of allylic oxidation sites excluding steroid dienone is 2. The van der Waals surface area contributed by atoms with Crippen LogP contribution in [0.3, 0.4) is 0 Å². The van der Waals surface area contributed by atoms with Gasteiger partial charge in [-0.15, -0.1) is 0 Å². The molecule has 2 aromatic rings. The van der Waals surface area contributed by atoms with E-state index < -0.39 is 0 Å². The highest BCUT2D eigenvalue weighted by molar-refractivity contribution is 5.80. The Morgan fingerprint density at radius 2 is 1.71 bits per heavy atom. The molecule has 1 aliphatic heterocycles. The quantitative estimate of drug-likeness (QED) is 0.533. The first-order valence-corrected chi connectivity index (χ1v) is 10.8. The van der Waals surface area contributed by atoms with Crippen molar-refractivity contribution in [3.05, 3.63) is 78.4 Å². The number of hydrogen-bond acceptors (Lipinski definition) is 2. The van der Waals surface area contributed by atoms with Crippen molar-refractivity contribution < 1.29 is 0 Å².